The Bertz CT molecular complexity index is 834. The second-order valence-corrected chi connectivity index (χ2v) is 7.46. The number of allylic oxidation sites excluding steroid dienone is 1. The van der Waals surface area contributed by atoms with Crippen molar-refractivity contribution in [3.8, 4) is 11.1 Å². The summed E-state index contributed by atoms with van der Waals surface area (Å²) in [6.45, 7) is 12.5. The number of carboxylic acids is 1. The predicted molar refractivity (Wildman–Crippen MR) is 145 cm³/mol. The standard InChI is InChI=1S/C25H31NO4.C2H6.CH4O.CH4/c1-4-30-19(3)18(2)16-23(26-24(27)14-15-25(28)29)17-20-10-12-22(13-11-20)21-8-6-5-7-9-21;2*1-2;/h5-13,18,23H,3-4,14-17H2,1-2H3,(H,26,27)(H,28,29);1-2H3;2H,1H3;1H4/t18-,23+;;;/m1.../s1. The molecule has 0 aliphatic rings. The molecule has 0 aliphatic carbocycles. The fraction of sp³-hybridized carbons (Fsp3) is 0.448. The largest absolute Gasteiger partial charge is 0.499 e. The van der Waals surface area contributed by atoms with E-state index in [1.54, 1.807) is 0 Å². The van der Waals surface area contributed by atoms with Crippen molar-refractivity contribution in [1.29, 1.82) is 0 Å². The zero-order valence-electron chi connectivity index (χ0n) is 21.2. The van der Waals surface area contributed by atoms with Crippen molar-refractivity contribution in [3.63, 3.8) is 0 Å². The van der Waals surface area contributed by atoms with Crippen LogP contribution in [0.3, 0.4) is 0 Å². The van der Waals surface area contributed by atoms with Crippen LogP contribution in [0.5, 0.6) is 0 Å². The van der Waals surface area contributed by atoms with E-state index >= 15 is 0 Å². The molecule has 2 aromatic carbocycles. The summed E-state index contributed by atoms with van der Waals surface area (Å²) in [6, 6.07) is 18.3. The number of ether oxygens (including phenoxy) is 1. The monoisotopic (exact) mass is 487 g/mol. The average Bonchev–Trinajstić information content (AvgIpc) is 2.86. The van der Waals surface area contributed by atoms with Gasteiger partial charge >= 0.3 is 5.97 Å². The summed E-state index contributed by atoms with van der Waals surface area (Å²) in [5.74, 6) is -0.464. The smallest absolute Gasteiger partial charge is 0.303 e. The molecule has 6 heteroatoms. The van der Waals surface area contributed by atoms with Crippen molar-refractivity contribution in [1.82, 2.24) is 5.32 Å². The summed E-state index contributed by atoms with van der Waals surface area (Å²) in [4.78, 5) is 23.0. The lowest BCUT2D eigenvalue weighted by molar-refractivity contribution is -0.138. The summed E-state index contributed by atoms with van der Waals surface area (Å²) in [5.41, 5.74) is 3.40. The van der Waals surface area contributed by atoms with E-state index in [4.69, 9.17) is 14.9 Å². The maximum Gasteiger partial charge on any atom is 0.303 e. The van der Waals surface area contributed by atoms with Crippen molar-refractivity contribution < 1.29 is 24.5 Å². The lowest BCUT2D eigenvalue weighted by Crippen LogP contribution is -2.38. The van der Waals surface area contributed by atoms with Gasteiger partial charge in [0.05, 0.1) is 18.8 Å². The van der Waals surface area contributed by atoms with Gasteiger partial charge in [0.2, 0.25) is 5.91 Å². The van der Waals surface area contributed by atoms with E-state index in [-0.39, 0.29) is 38.1 Å². The molecule has 196 valence electrons. The predicted octanol–water partition coefficient (Wildman–Crippen LogP) is 6.09. The first-order chi connectivity index (χ1) is 16.4. The average molecular weight is 488 g/mol. The number of benzene rings is 2. The zero-order valence-corrected chi connectivity index (χ0v) is 21.2. The second-order valence-electron chi connectivity index (χ2n) is 7.46. The van der Waals surface area contributed by atoms with Gasteiger partial charge in [-0.3, -0.25) is 9.59 Å². The number of aliphatic hydroxyl groups is 1. The van der Waals surface area contributed by atoms with Crippen LogP contribution in [-0.4, -0.2) is 41.8 Å². The maximum atomic E-state index is 12.2. The van der Waals surface area contributed by atoms with E-state index < -0.39 is 5.97 Å². The Morgan fingerprint density at radius 2 is 1.51 bits per heavy atom. The minimum absolute atomic E-state index is 0. The highest BCUT2D eigenvalue weighted by Crippen LogP contribution is 2.22. The molecule has 2 rings (SSSR count). The van der Waals surface area contributed by atoms with Crippen LogP contribution in [0.4, 0.5) is 0 Å². The molecule has 2 atom stereocenters. The van der Waals surface area contributed by atoms with Crippen molar-refractivity contribution in [2.45, 2.75) is 66.8 Å². The number of carboxylic acid groups (broad SMARTS) is 1. The zero-order chi connectivity index (χ0) is 25.9. The van der Waals surface area contributed by atoms with Gasteiger partial charge < -0.3 is 20.3 Å². The number of aliphatic hydroxyl groups excluding tert-OH is 1. The molecule has 0 aliphatic heterocycles. The summed E-state index contributed by atoms with van der Waals surface area (Å²) in [5, 5.41) is 18.8. The first-order valence-corrected chi connectivity index (χ1v) is 11.8. The molecule has 0 heterocycles. The fourth-order valence-electron chi connectivity index (χ4n) is 3.35. The molecule has 0 fully saturated rings. The number of aliphatic carboxylic acids is 1. The highest BCUT2D eigenvalue weighted by atomic mass is 16.5. The molecule has 2 aromatic rings. The molecule has 35 heavy (non-hydrogen) atoms. The third-order valence-electron chi connectivity index (χ3n) is 4.99. The van der Waals surface area contributed by atoms with Crippen LogP contribution in [-0.2, 0) is 20.7 Å². The molecule has 1 amide bonds. The maximum absolute atomic E-state index is 12.2. The van der Waals surface area contributed by atoms with E-state index in [0.29, 0.717) is 25.2 Å². The molecule has 0 bridgehead atoms. The van der Waals surface area contributed by atoms with E-state index in [2.05, 4.69) is 48.3 Å². The first-order valence-electron chi connectivity index (χ1n) is 11.8. The third kappa shape index (κ3) is 14.0. The van der Waals surface area contributed by atoms with Crippen LogP contribution in [0.2, 0.25) is 0 Å². The van der Waals surface area contributed by atoms with Gasteiger partial charge in [-0.25, -0.2) is 0 Å². The van der Waals surface area contributed by atoms with Gasteiger partial charge in [0.25, 0.3) is 0 Å². The number of nitrogens with one attached hydrogen (secondary N) is 1. The van der Waals surface area contributed by atoms with Gasteiger partial charge in [0, 0.05) is 25.5 Å². The lowest BCUT2D eigenvalue weighted by atomic mass is 9.94. The van der Waals surface area contributed by atoms with Crippen LogP contribution in [0.25, 0.3) is 11.1 Å². The second kappa shape index (κ2) is 20.3. The SMILES string of the molecule is C.C=C(OCC)[C@H](C)C[C@@H](Cc1ccc(-c2ccccc2)cc1)NC(=O)CCC(=O)O.CC.CO. The number of amides is 1. The molecule has 0 saturated heterocycles. The van der Waals surface area contributed by atoms with Gasteiger partial charge in [-0.15, -0.1) is 0 Å². The van der Waals surface area contributed by atoms with E-state index in [0.717, 1.165) is 23.8 Å². The number of carbonyl (C=O) groups excluding carboxylic acids is 1. The Balaban J connectivity index is 0. The lowest BCUT2D eigenvalue weighted by Gasteiger charge is -2.24. The first kappa shape index (κ1) is 34.0. The van der Waals surface area contributed by atoms with Crippen LogP contribution >= 0.6 is 0 Å². The van der Waals surface area contributed by atoms with Crippen LogP contribution in [0, 0.1) is 5.92 Å². The van der Waals surface area contributed by atoms with Gasteiger partial charge in [-0.05, 0) is 36.5 Å². The summed E-state index contributed by atoms with van der Waals surface area (Å²) in [6.07, 6.45) is 1.11. The highest BCUT2D eigenvalue weighted by Gasteiger charge is 2.19. The summed E-state index contributed by atoms with van der Waals surface area (Å²) >= 11 is 0. The van der Waals surface area contributed by atoms with Gasteiger partial charge in [0.15, 0.2) is 0 Å². The fourth-order valence-corrected chi connectivity index (χ4v) is 3.35. The van der Waals surface area contributed by atoms with E-state index in [1.165, 1.54) is 0 Å². The topological polar surface area (TPSA) is 95.9 Å². The molecule has 0 aromatic heterocycles. The third-order valence-corrected chi connectivity index (χ3v) is 4.99. The van der Waals surface area contributed by atoms with Crippen LogP contribution in [0.1, 0.15) is 59.9 Å². The summed E-state index contributed by atoms with van der Waals surface area (Å²) < 4.78 is 5.52. The minimum atomic E-state index is -0.976. The Hall–Kier alpha value is -3.12. The Morgan fingerprint density at radius 1 is 0.971 bits per heavy atom. The molecule has 6 nitrogen and oxygen atoms in total. The highest BCUT2D eigenvalue weighted by molar-refractivity contribution is 5.80. The Kier molecular flexibility index (Phi) is 19.7. The number of rotatable bonds is 12. The number of hydrogen-bond acceptors (Lipinski definition) is 4. The van der Waals surface area contributed by atoms with Gasteiger partial charge in [0.1, 0.15) is 0 Å². The Morgan fingerprint density at radius 3 is 2.03 bits per heavy atom. The van der Waals surface area contributed by atoms with Crippen LogP contribution in [0.15, 0.2) is 66.9 Å². The molecule has 0 radical (unpaired) electrons. The van der Waals surface area contributed by atoms with Crippen molar-refractivity contribution in [2.24, 2.45) is 5.92 Å². The molecule has 0 saturated carbocycles. The molecule has 0 unspecified atom stereocenters. The molecular formula is C29H45NO5. The van der Waals surface area contributed by atoms with Crippen LogP contribution < -0.4 is 5.32 Å². The number of hydrogen-bond donors (Lipinski definition) is 3. The van der Waals surface area contributed by atoms with E-state index in [1.807, 2.05) is 45.9 Å². The van der Waals surface area contributed by atoms with Crippen molar-refractivity contribution in [3.05, 3.63) is 72.5 Å². The molecule has 0 spiro atoms. The van der Waals surface area contributed by atoms with E-state index in [9.17, 15) is 9.59 Å². The normalized spacial score (nSPS) is 11.1. The summed E-state index contributed by atoms with van der Waals surface area (Å²) in [7, 11) is 1.00. The van der Waals surface area contributed by atoms with Crippen molar-refractivity contribution >= 4 is 11.9 Å². The quantitative estimate of drug-likeness (QED) is 0.315. The van der Waals surface area contributed by atoms with Crippen molar-refractivity contribution in [2.75, 3.05) is 13.7 Å². The van der Waals surface area contributed by atoms with Gasteiger partial charge in [-0.2, -0.15) is 0 Å². The molecule has 3 N–H and O–H groups in total. The van der Waals surface area contributed by atoms with Gasteiger partial charge in [-0.1, -0.05) is 89.4 Å². The molecular weight excluding hydrogens is 442 g/mol. The Labute approximate surface area is 212 Å². The minimum Gasteiger partial charge on any atom is -0.499 e. The number of carbonyl (C=O) groups is 2.